The summed E-state index contributed by atoms with van der Waals surface area (Å²) in [6, 6.07) is 1.83. The number of aromatic nitrogens is 2. The summed E-state index contributed by atoms with van der Waals surface area (Å²) in [5.41, 5.74) is 2.24. The molecule has 1 aliphatic rings. The van der Waals surface area contributed by atoms with E-state index in [1.165, 1.54) is 0 Å². The van der Waals surface area contributed by atoms with Gasteiger partial charge in [-0.1, -0.05) is 19.1 Å². The van der Waals surface area contributed by atoms with Crippen LogP contribution in [0.5, 0.6) is 0 Å². The van der Waals surface area contributed by atoms with Crippen molar-refractivity contribution in [3.05, 3.63) is 69.6 Å². The number of rotatable bonds is 5. The second kappa shape index (κ2) is 7.12. The van der Waals surface area contributed by atoms with E-state index >= 15 is 0 Å². The lowest BCUT2D eigenvalue weighted by Gasteiger charge is -2.31. The summed E-state index contributed by atoms with van der Waals surface area (Å²) >= 11 is 6.97. The fraction of sp³-hybridized carbons (Fsp3) is 0.300. The molecule has 3 heterocycles. The molecule has 142 valence electrons. The van der Waals surface area contributed by atoms with Crippen LogP contribution in [0.4, 0.5) is 0 Å². The van der Waals surface area contributed by atoms with Gasteiger partial charge in [0.1, 0.15) is 10.4 Å². The average molecular weight is 388 g/mol. The van der Waals surface area contributed by atoms with Crippen LogP contribution in [-0.2, 0) is 16.2 Å². The van der Waals surface area contributed by atoms with Crippen LogP contribution < -0.4 is 10.9 Å². The van der Waals surface area contributed by atoms with Crippen molar-refractivity contribution in [1.29, 1.82) is 0 Å². The summed E-state index contributed by atoms with van der Waals surface area (Å²) in [7, 11) is 0. The van der Waals surface area contributed by atoms with Crippen LogP contribution in [0.2, 0.25) is 0 Å². The van der Waals surface area contributed by atoms with Gasteiger partial charge in [-0.15, -0.1) is 11.6 Å². The third-order valence-corrected chi connectivity index (χ3v) is 5.25. The van der Waals surface area contributed by atoms with Crippen LogP contribution in [0.3, 0.4) is 0 Å². The quantitative estimate of drug-likeness (QED) is 0.541. The summed E-state index contributed by atoms with van der Waals surface area (Å²) in [6.45, 7) is 5.97. The maximum atomic E-state index is 12.8. The van der Waals surface area contributed by atoms with Gasteiger partial charge < -0.3 is 20.0 Å². The lowest BCUT2D eigenvalue weighted by atomic mass is 9.85. The van der Waals surface area contributed by atoms with E-state index in [1.54, 1.807) is 23.0 Å². The number of H-pyrrole nitrogens is 1. The number of carboxylic acid groups (broad SMARTS) is 1. The first kappa shape index (κ1) is 19.0. The maximum absolute atomic E-state index is 12.8. The standard InChI is InChI=1S/C20H22ClN3O3/c1-4-6-9-24-11-14(13-10-12(3)23-17(13)18(24)25)20(21)7-8-22-15(5-2)16(20)19(26)27/h4,6-8,10-11,22-23H,5,9H2,1-3H3,(H,26,27)/b6-4+. The van der Waals surface area contributed by atoms with Crippen LogP contribution in [0.25, 0.3) is 10.9 Å². The number of aliphatic carboxylic acids is 1. The summed E-state index contributed by atoms with van der Waals surface area (Å²) in [5, 5.41) is 13.5. The number of hydrogen-bond donors (Lipinski definition) is 3. The number of hydrogen-bond acceptors (Lipinski definition) is 3. The van der Waals surface area contributed by atoms with Crippen LogP contribution in [0, 0.1) is 6.92 Å². The van der Waals surface area contributed by atoms with Gasteiger partial charge >= 0.3 is 5.97 Å². The Morgan fingerprint density at radius 3 is 2.81 bits per heavy atom. The van der Waals surface area contributed by atoms with Gasteiger partial charge in [-0.05, 0) is 38.6 Å². The zero-order chi connectivity index (χ0) is 19.8. The Bertz CT molecular complexity index is 1060. The third kappa shape index (κ3) is 3.10. The Hall–Kier alpha value is -2.73. The molecule has 2 aromatic rings. The molecule has 7 heteroatoms. The van der Waals surface area contributed by atoms with Gasteiger partial charge in [0.25, 0.3) is 5.56 Å². The van der Waals surface area contributed by atoms with Crippen molar-refractivity contribution < 1.29 is 9.90 Å². The Balaban J connectivity index is 2.38. The molecule has 1 atom stereocenters. The number of halogens is 1. The highest BCUT2D eigenvalue weighted by molar-refractivity contribution is 6.31. The van der Waals surface area contributed by atoms with Gasteiger partial charge in [-0.3, -0.25) is 4.79 Å². The number of dihydropyridines is 1. The van der Waals surface area contributed by atoms with E-state index in [1.807, 2.05) is 39.0 Å². The van der Waals surface area contributed by atoms with E-state index in [4.69, 9.17) is 11.6 Å². The first-order valence-electron chi connectivity index (χ1n) is 8.78. The van der Waals surface area contributed by atoms with E-state index < -0.39 is 10.8 Å². The number of carbonyl (C=O) groups is 1. The molecule has 1 unspecified atom stereocenters. The molecule has 0 saturated carbocycles. The summed E-state index contributed by atoms with van der Waals surface area (Å²) in [4.78, 5) is 26.6. The predicted molar refractivity (Wildman–Crippen MR) is 107 cm³/mol. The third-order valence-electron chi connectivity index (χ3n) is 4.74. The van der Waals surface area contributed by atoms with Gasteiger partial charge in [-0.2, -0.15) is 0 Å². The molecule has 0 aliphatic carbocycles. The van der Waals surface area contributed by atoms with E-state index in [-0.39, 0.29) is 11.1 Å². The first-order chi connectivity index (χ1) is 12.8. The number of alkyl halides is 1. The van der Waals surface area contributed by atoms with Crippen molar-refractivity contribution in [2.45, 2.75) is 38.6 Å². The zero-order valence-corrected chi connectivity index (χ0v) is 16.2. The molecule has 2 aromatic heterocycles. The minimum atomic E-state index is -1.39. The van der Waals surface area contributed by atoms with Crippen molar-refractivity contribution in [1.82, 2.24) is 14.9 Å². The van der Waals surface area contributed by atoms with E-state index in [0.717, 1.165) is 5.69 Å². The maximum Gasteiger partial charge on any atom is 0.335 e. The summed E-state index contributed by atoms with van der Waals surface area (Å²) in [6.07, 6.45) is 9.15. The van der Waals surface area contributed by atoms with Crippen LogP contribution in [0.1, 0.15) is 31.5 Å². The first-order valence-corrected chi connectivity index (χ1v) is 9.15. The molecule has 0 saturated heterocycles. The SMILES string of the molecule is C/C=C/Cn1cc(C2(Cl)C=CNC(CC)=C2C(=O)O)c2cc(C)[nH]c2c1=O. The van der Waals surface area contributed by atoms with Crippen molar-refractivity contribution in [3.63, 3.8) is 0 Å². The van der Waals surface area contributed by atoms with Gasteiger partial charge in [-0.25, -0.2) is 4.79 Å². The van der Waals surface area contributed by atoms with Crippen molar-refractivity contribution in [2.24, 2.45) is 0 Å². The minimum absolute atomic E-state index is 0.0746. The summed E-state index contributed by atoms with van der Waals surface area (Å²) < 4.78 is 1.54. The molecule has 0 amide bonds. The molecule has 0 bridgehead atoms. The molecule has 3 rings (SSSR count). The highest BCUT2D eigenvalue weighted by Crippen LogP contribution is 2.44. The molecule has 0 radical (unpaired) electrons. The fourth-order valence-corrected chi connectivity index (χ4v) is 3.87. The van der Waals surface area contributed by atoms with Gasteiger partial charge in [0, 0.05) is 35.1 Å². The highest BCUT2D eigenvalue weighted by atomic mass is 35.5. The number of aromatic amines is 1. The van der Waals surface area contributed by atoms with Crippen LogP contribution in [-0.4, -0.2) is 20.6 Å². The molecule has 0 fully saturated rings. The Morgan fingerprint density at radius 1 is 1.44 bits per heavy atom. The Kier molecular flexibility index (Phi) is 5.02. The number of nitrogens with zero attached hydrogens (tertiary/aromatic N) is 1. The smallest absolute Gasteiger partial charge is 0.335 e. The minimum Gasteiger partial charge on any atom is -0.478 e. The Morgan fingerprint density at radius 2 is 2.19 bits per heavy atom. The molecular formula is C20H22ClN3O3. The Labute approximate surface area is 161 Å². The lowest BCUT2D eigenvalue weighted by molar-refractivity contribution is -0.133. The van der Waals surface area contributed by atoms with Crippen LogP contribution in [0.15, 0.2) is 52.8 Å². The number of carboxylic acids is 1. The number of pyridine rings is 1. The van der Waals surface area contributed by atoms with E-state index in [0.29, 0.717) is 35.1 Å². The second-order valence-electron chi connectivity index (χ2n) is 6.51. The van der Waals surface area contributed by atoms with Crippen molar-refractivity contribution in [2.75, 3.05) is 0 Å². The van der Waals surface area contributed by atoms with Gasteiger partial charge in [0.05, 0.1) is 5.57 Å². The predicted octanol–water partition coefficient (Wildman–Crippen LogP) is 3.51. The van der Waals surface area contributed by atoms with E-state index in [9.17, 15) is 14.7 Å². The van der Waals surface area contributed by atoms with Crippen LogP contribution >= 0.6 is 11.6 Å². The molecule has 1 aliphatic heterocycles. The second-order valence-corrected chi connectivity index (χ2v) is 7.11. The monoisotopic (exact) mass is 387 g/mol. The van der Waals surface area contributed by atoms with Gasteiger partial charge in [0.2, 0.25) is 0 Å². The lowest BCUT2D eigenvalue weighted by Crippen LogP contribution is -2.34. The number of nitrogens with one attached hydrogen (secondary N) is 2. The largest absolute Gasteiger partial charge is 0.478 e. The average Bonchev–Trinajstić information content (AvgIpc) is 3.02. The van der Waals surface area contributed by atoms with Crippen molar-refractivity contribution >= 4 is 28.5 Å². The molecular weight excluding hydrogens is 366 g/mol. The molecule has 27 heavy (non-hydrogen) atoms. The fourth-order valence-electron chi connectivity index (χ4n) is 3.46. The van der Waals surface area contributed by atoms with Gasteiger partial charge in [0.15, 0.2) is 0 Å². The number of allylic oxidation sites excluding steroid dienone is 4. The number of fused-ring (bicyclic) bond motifs is 1. The summed E-state index contributed by atoms with van der Waals surface area (Å²) in [5.74, 6) is -1.09. The molecule has 0 aromatic carbocycles. The highest BCUT2D eigenvalue weighted by Gasteiger charge is 2.41. The normalized spacial score (nSPS) is 19.9. The molecule has 0 spiro atoms. The van der Waals surface area contributed by atoms with Crippen molar-refractivity contribution in [3.8, 4) is 0 Å². The zero-order valence-electron chi connectivity index (χ0n) is 15.5. The number of aryl methyl sites for hydroxylation is 1. The van der Waals surface area contributed by atoms with E-state index in [2.05, 4.69) is 10.3 Å². The molecule has 3 N–H and O–H groups in total. The molecule has 6 nitrogen and oxygen atoms in total. The topological polar surface area (TPSA) is 87.1 Å².